The average molecular weight is 376 g/mol. The summed E-state index contributed by atoms with van der Waals surface area (Å²) < 4.78 is 1.12. The molecule has 0 aromatic heterocycles. The Kier molecular flexibility index (Phi) is 21.6. The Morgan fingerprint density at radius 1 is 0.654 bits per heavy atom. The standard InChI is InChI=1S/C21H46N.HNO3/c1-5-6-7-8-9-10-11-12-13-14-15-16-17-18-19-20-21-22(2,3)4;2-1(3)4/h5-21H2,1-4H3;(H,2,3,4)/q+1;. The molecule has 158 valence electrons. The summed E-state index contributed by atoms with van der Waals surface area (Å²) in [4.78, 5) is 8.36. The molecule has 26 heavy (non-hydrogen) atoms. The molecule has 0 bridgehead atoms. The van der Waals surface area contributed by atoms with Gasteiger partial charge in [-0.1, -0.05) is 96.8 Å². The van der Waals surface area contributed by atoms with Crippen molar-refractivity contribution in [3.63, 3.8) is 0 Å². The third kappa shape index (κ3) is 34.5. The van der Waals surface area contributed by atoms with Gasteiger partial charge in [0.15, 0.2) is 0 Å². The molecule has 0 aliphatic heterocycles. The van der Waals surface area contributed by atoms with Crippen molar-refractivity contribution in [3.05, 3.63) is 10.1 Å². The van der Waals surface area contributed by atoms with Crippen LogP contribution < -0.4 is 0 Å². The normalized spacial score (nSPS) is 11.1. The van der Waals surface area contributed by atoms with Crippen LogP contribution in [0.4, 0.5) is 0 Å². The van der Waals surface area contributed by atoms with E-state index >= 15 is 0 Å². The second-order valence-electron chi connectivity index (χ2n) is 8.56. The van der Waals surface area contributed by atoms with E-state index in [4.69, 9.17) is 15.3 Å². The molecule has 0 aliphatic carbocycles. The molecule has 0 saturated heterocycles. The summed E-state index contributed by atoms with van der Waals surface area (Å²) >= 11 is 0. The van der Waals surface area contributed by atoms with Crippen molar-refractivity contribution in [2.24, 2.45) is 0 Å². The van der Waals surface area contributed by atoms with Crippen LogP contribution in [0.1, 0.15) is 110 Å². The molecule has 5 nitrogen and oxygen atoms in total. The van der Waals surface area contributed by atoms with E-state index in [1.807, 2.05) is 0 Å². The minimum atomic E-state index is -1.50. The van der Waals surface area contributed by atoms with Gasteiger partial charge in [0.05, 0.1) is 27.7 Å². The van der Waals surface area contributed by atoms with Crippen LogP contribution in [0.15, 0.2) is 0 Å². The van der Waals surface area contributed by atoms with Gasteiger partial charge in [0.1, 0.15) is 0 Å². The van der Waals surface area contributed by atoms with Crippen LogP contribution in [0.3, 0.4) is 0 Å². The van der Waals surface area contributed by atoms with Gasteiger partial charge in [0.2, 0.25) is 0 Å². The highest BCUT2D eigenvalue weighted by Gasteiger charge is 2.04. The van der Waals surface area contributed by atoms with Gasteiger partial charge in [-0.2, -0.15) is 0 Å². The van der Waals surface area contributed by atoms with Crippen molar-refractivity contribution >= 4 is 0 Å². The summed E-state index contributed by atoms with van der Waals surface area (Å²) in [5.74, 6) is 0. The van der Waals surface area contributed by atoms with E-state index in [1.165, 1.54) is 109 Å². The fourth-order valence-electron chi connectivity index (χ4n) is 3.13. The lowest BCUT2D eigenvalue weighted by Crippen LogP contribution is -2.35. The lowest BCUT2D eigenvalue weighted by atomic mass is 10.0. The van der Waals surface area contributed by atoms with E-state index in [0.29, 0.717) is 0 Å². The zero-order valence-corrected chi connectivity index (χ0v) is 18.2. The van der Waals surface area contributed by atoms with E-state index in [-0.39, 0.29) is 0 Å². The van der Waals surface area contributed by atoms with Crippen LogP contribution in [-0.4, -0.2) is 42.5 Å². The monoisotopic (exact) mass is 375 g/mol. The average Bonchev–Trinajstić information content (AvgIpc) is 2.53. The molecule has 0 amide bonds. The minimum Gasteiger partial charge on any atom is -0.331 e. The Morgan fingerprint density at radius 3 is 1.12 bits per heavy atom. The van der Waals surface area contributed by atoms with Crippen LogP contribution >= 0.6 is 0 Å². The second-order valence-corrected chi connectivity index (χ2v) is 8.56. The third-order valence-corrected chi connectivity index (χ3v) is 4.68. The lowest BCUT2D eigenvalue weighted by Gasteiger charge is -2.23. The van der Waals surface area contributed by atoms with Gasteiger partial charge in [-0.25, -0.2) is 0 Å². The number of hydrogen-bond donors (Lipinski definition) is 1. The number of unbranched alkanes of at least 4 members (excludes halogenated alkanes) is 15. The maximum absolute atomic E-state index is 8.36. The van der Waals surface area contributed by atoms with E-state index < -0.39 is 5.09 Å². The highest BCUT2D eigenvalue weighted by Crippen LogP contribution is 2.13. The molecule has 0 saturated carbocycles. The molecular weight excluding hydrogens is 328 g/mol. The summed E-state index contributed by atoms with van der Waals surface area (Å²) in [5, 5.41) is 13.6. The van der Waals surface area contributed by atoms with Crippen LogP contribution in [0, 0.1) is 10.1 Å². The molecule has 0 rings (SSSR count). The van der Waals surface area contributed by atoms with Crippen molar-refractivity contribution in [1.29, 1.82) is 0 Å². The zero-order valence-electron chi connectivity index (χ0n) is 18.2. The smallest absolute Gasteiger partial charge is 0.291 e. The molecule has 0 spiro atoms. The topological polar surface area (TPSA) is 63.4 Å². The molecule has 0 atom stereocenters. The van der Waals surface area contributed by atoms with E-state index in [1.54, 1.807) is 0 Å². The van der Waals surface area contributed by atoms with Gasteiger partial charge in [0.25, 0.3) is 5.09 Å². The van der Waals surface area contributed by atoms with Crippen molar-refractivity contribution in [3.8, 4) is 0 Å². The molecule has 0 aliphatic rings. The Hall–Kier alpha value is -0.840. The maximum Gasteiger partial charge on any atom is 0.291 e. The molecule has 0 heterocycles. The van der Waals surface area contributed by atoms with Gasteiger partial charge >= 0.3 is 0 Å². The molecule has 1 N–H and O–H groups in total. The number of quaternary nitrogens is 1. The van der Waals surface area contributed by atoms with E-state index in [2.05, 4.69) is 28.1 Å². The van der Waals surface area contributed by atoms with Gasteiger partial charge in [-0.3, -0.25) is 0 Å². The van der Waals surface area contributed by atoms with Crippen molar-refractivity contribution in [2.45, 2.75) is 110 Å². The summed E-state index contributed by atoms with van der Waals surface area (Å²) in [7, 11) is 6.89. The molecule has 0 aromatic rings. The van der Waals surface area contributed by atoms with Crippen molar-refractivity contribution in [1.82, 2.24) is 0 Å². The zero-order chi connectivity index (χ0) is 20.1. The van der Waals surface area contributed by atoms with E-state index in [0.717, 1.165) is 4.48 Å². The third-order valence-electron chi connectivity index (χ3n) is 4.68. The second kappa shape index (κ2) is 20.5. The van der Waals surface area contributed by atoms with E-state index in [9.17, 15) is 0 Å². The Morgan fingerprint density at radius 2 is 0.885 bits per heavy atom. The molecule has 0 radical (unpaired) electrons. The van der Waals surface area contributed by atoms with Crippen molar-refractivity contribution in [2.75, 3.05) is 27.7 Å². The van der Waals surface area contributed by atoms with Crippen LogP contribution in [0.25, 0.3) is 0 Å². The lowest BCUT2D eigenvalue weighted by molar-refractivity contribution is -0.870. The molecule has 0 unspecified atom stereocenters. The Balaban J connectivity index is 0. The highest BCUT2D eigenvalue weighted by molar-refractivity contribution is 4.49. The van der Waals surface area contributed by atoms with Crippen LogP contribution in [-0.2, 0) is 0 Å². The summed E-state index contributed by atoms with van der Waals surface area (Å²) in [5.41, 5.74) is 0. The molecule has 5 heteroatoms. The van der Waals surface area contributed by atoms with Crippen LogP contribution in [0.5, 0.6) is 0 Å². The van der Waals surface area contributed by atoms with Crippen molar-refractivity contribution < 1.29 is 14.8 Å². The quantitative estimate of drug-likeness (QED) is 0.135. The first-order chi connectivity index (χ1) is 12.3. The molecule has 0 fully saturated rings. The highest BCUT2D eigenvalue weighted by atomic mass is 16.9. The Bertz CT molecular complexity index is 287. The number of rotatable bonds is 17. The first kappa shape index (κ1) is 27.4. The predicted octanol–water partition coefficient (Wildman–Crippen LogP) is 6.61. The van der Waals surface area contributed by atoms with Gasteiger partial charge in [-0.15, -0.1) is 10.1 Å². The number of hydrogen-bond acceptors (Lipinski definition) is 2. The summed E-state index contributed by atoms with van der Waals surface area (Å²) in [6.07, 6.45) is 23.4. The molecular formula is C21H47N2O3+. The fraction of sp³-hybridized carbons (Fsp3) is 1.00. The van der Waals surface area contributed by atoms with Crippen LogP contribution in [0.2, 0.25) is 0 Å². The fourth-order valence-corrected chi connectivity index (χ4v) is 3.13. The van der Waals surface area contributed by atoms with Gasteiger partial charge in [-0.05, 0) is 12.8 Å². The largest absolute Gasteiger partial charge is 0.331 e. The first-order valence-corrected chi connectivity index (χ1v) is 10.9. The summed E-state index contributed by atoms with van der Waals surface area (Å²) in [6.45, 7) is 3.63. The number of nitrogens with zero attached hydrogens (tertiary/aromatic N) is 2. The van der Waals surface area contributed by atoms with Gasteiger partial charge in [0, 0.05) is 0 Å². The minimum absolute atomic E-state index is 1.12. The Labute approximate surface area is 162 Å². The first-order valence-electron chi connectivity index (χ1n) is 10.9. The van der Waals surface area contributed by atoms with Gasteiger partial charge < -0.3 is 9.69 Å². The SMILES string of the molecule is CCCCCCCCCCCCCCCCCC[N+](C)(C)C.O=[N+]([O-])O. The predicted molar refractivity (Wildman–Crippen MR) is 111 cm³/mol. The maximum atomic E-state index is 8.36. The summed E-state index contributed by atoms with van der Waals surface area (Å²) in [6, 6.07) is 0. The molecule has 0 aromatic carbocycles.